The van der Waals surface area contributed by atoms with Crippen LogP contribution in [0, 0.1) is 11.3 Å². The van der Waals surface area contributed by atoms with Crippen molar-refractivity contribution in [3.63, 3.8) is 0 Å². The van der Waals surface area contributed by atoms with E-state index in [1.165, 1.54) is 0 Å². The van der Waals surface area contributed by atoms with Gasteiger partial charge in [-0.2, -0.15) is 5.26 Å². The van der Waals surface area contributed by atoms with E-state index in [0.717, 1.165) is 12.4 Å². The van der Waals surface area contributed by atoms with Crippen LogP contribution in [0.3, 0.4) is 0 Å². The molecule has 0 saturated carbocycles. The fourth-order valence-corrected chi connectivity index (χ4v) is 0.691. The SMILES string of the molecule is CC1=NCCC(C#N)=N1. The Kier molecular flexibility index (Phi) is 1.59. The Morgan fingerprint density at radius 3 is 2.89 bits per heavy atom. The van der Waals surface area contributed by atoms with Gasteiger partial charge in [-0.05, 0) is 6.92 Å². The molecule has 0 atom stereocenters. The van der Waals surface area contributed by atoms with Crippen molar-refractivity contribution >= 4 is 11.5 Å². The van der Waals surface area contributed by atoms with Crippen molar-refractivity contribution in [2.45, 2.75) is 13.3 Å². The smallest absolute Gasteiger partial charge is 0.121 e. The first-order valence-electron chi connectivity index (χ1n) is 2.81. The number of hydrogen-bond donors (Lipinski definition) is 0. The molecule has 3 heteroatoms. The van der Waals surface area contributed by atoms with Gasteiger partial charge in [0.2, 0.25) is 0 Å². The molecule has 9 heavy (non-hydrogen) atoms. The summed E-state index contributed by atoms with van der Waals surface area (Å²) >= 11 is 0. The maximum Gasteiger partial charge on any atom is 0.121 e. The summed E-state index contributed by atoms with van der Waals surface area (Å²) in [6.07, 6.45) is 0.702. The van der Waals surface area contributed by atoms with E-state index in [0.29, 0.717) is 12.1 Å². The second-order valence-electron chi connectivity index (χ2n) is 1.85. The number of nitrogens with zero attached hydrogens (tertiary/aromatic N) is 3. The summed E-state index contributed by atoms with van der Waals surface area (Å²) in [6.45, 7) is 2.52. The summed E-state index contributed by atoms with van der Waals surface area (Å²) < 4.78 is 0. The molecule has 0 unspecified atom stereocenters. The zero-order chi connectivity index (χ0) is 6.69. The Labute approximate surface area is 53.7 Å². The molecule has 0 saturated heterocycles. The van der Waals surface area contributed by atoms with Crippen LogP contribution in [-0.2, 0) is 0 Å². The predicted molar refractivity (Wildman–Crippen MR) is 35.6 cm³/mol. The molecule has 3 nitrogen and oxygen atoms in total. The molecule has 0 aromatic heterocycles. The summed E-state index contributed by atoms with van der Waals surface area (Å²) in [6, 6.07) is 2.00. The maximum atomic E-state index is 8.37. The Morgan fingerprint density at radius 1 is 1.67 bits per heavy atom. The van der Waals surface area contributed by atoms with Crippen molar-refractivity contribution in [1.82, 2.24) is 0 Å². The van der Waals surface area contributed by atoms with Crippen molar-refractivity contribution in [2.75, 3.05) is 6.54 Å². The summed E-state index contributed by atoms with van der Waals surface area (Å²) in [7, 11) is 0. The lowest BCUT2D eigenvalue weighted by Gasteiger charge is -2.01. The number of amidine groups is 1. The van der Waals surface area contributed by atoms with Gasteiger partial charge in [0.15, 0.2) is 0 Å². The summed E-state index contributed by atoms with van der Waals surface area (Å²) in [5, 5.41) is 8.37. The average molecular weight is 121 g/mol. The predicted octanol–water partition coefficient (Wildman–Crippen LogP) is 0.773. The van der Waals surface area contributed by atoms with Gasteiger partial charge >= 0.3 is 0 Å². The summed E-state index contributed by atoms with van der Waals surface area (Å²) in [5.41, 5.74) is 0.600. The minimum atomic E-state index is 0.600. The zero-order valence-electron chi connectivity index (χ0n) is 5.26. The highest BCUT2D eigenvalue weighted by Crippen LogP contribution is 1.96. The van der Waals surface area contributed by atoms with Gasteiger partial charge in [-0.1, -0.05) is 0 Å². The molecule has 0 amide bonds. The van der Waals surface area contributed by atoms with Crippen LogP contribution in [0.4, 0.5) is 0 Å². The van der Waals surface area contributed by atoms with Crippen molar-refractivity contribution < 1.29 is 0 Å². The zero-order valence-corrected chi connectivity index (χ0v) is 5.26. The van der Waals surface area contributed by atoms with Gasteiger partial charge in [0.1, 0.15) is 17.6 Å². The molecule has 46 valence electrons. The first-order chi connectivity index (χ1) is 4.33. The Bertz CT molecular complexity index is 207. The van der Waals surface area contributed by atoms with Crippen molar-refractivity contribution in [3.8, 4) is 6.07 Å². The molecule has 1 aliphatic rings. The molecule has 1 heterocycles. The number of nitriles is 1. The second kappa shape index (κ2) is 2.40. The molecule has 0 N–H and O–H groups in total. The molecule has 1 rings (SSSR count). The van der Waals surface area contributed by atoms with Gasteiger partial charge in [-0.25, -0.2) is 4.99 Å². The van der Waals surface area contributed by atoms with Crippen LogP contribution in [0.25, 0.3) is 0 Å². The molecule has 0 bridgehead atoms. The molecular weight excluding hydrogens is 114 g/mol. The van der Waals surface area contributed by atoms with Gasteiger partial charge in [0.05, 0.1) is 0 Å². The molecule has 0 fully saturated rings. The topological polar surface area (TPSA) is 48.5 Å². The van der Waals surface area contributed by atoms with E-state index in [-0.39, 0.29) is 0 Å². The van der Waals surface area contributed by atoms with Gasteiger partial charge in [0, 0.05) is 13.0 Å². The first kappa shape index (κ1) is 5.96. The average Bonchev–Trinajstić information content (AvgIpc) is 1.88. The van der Waals surface area contributed by atoms with Gasteiger partial charge < -0.3 is 0 Å². The fourth-order valence-electron chi connectivity index (χ4n) is 0.691. The monoisotopic (exact) mass is 121 g/mol. The van der Waals surface area contributed by atoms with E-state index in [4.69, 9.17) is 5.26 Å². The summed E-state index contributed by atoms with van der Waals surface area (Å²) in [4.78, 5) is 7.91. The Morgan fingerprint density at radius 2 is 2.44 bits per heavy atom. The van der Waals surface area contributed by atoms with Crippen LogP contribution in [0.5, 0.6) is 0 Å². The third-order valence-electron chi connectivity index (χ3n) is 1.12. The summed E-state index contributed by atoms with van der Waals surface area (Å²) in [5.74, 6) is 0.720. The van der Waals surface area contributed by atoms with Crippen LogP contribution in [0.15, 0.2) is 9.98 Å². The van der Waals surface area contributed by atoms with Crippen molar-refractivity contribution in [3.05, 3.63) is 0 Å². The highest BCUT2D eigenvalue weighted by Gasteiger charge is 2.02. The third kappa shape index (κ3) is 1.36. The van der Waals surface area contributed by atoms with Gasteiger partial charge in [-0.3, -0.25) is 4.99 Å². The van der Waals surface area contributed by atoms with E-state index in [2.05, 4.69) is 9.98 Å². The lowest BCUT2D eigenvalue weighted by atomic mass is 10.2. The van der Waals surface area contributed by atoms with Crippen LogP contribution in [-0.4, -0.2) is 18.1 Å². The minimum Gasteiger partial charge on any atom is -0.270 e. The van der Waals surface area contributed by atoms with E-state index in [9.17, 15) is 0 Å². The molecule has 0 aromatic carbocycles. The largest absolute Gasteiger partial charge is 0.270 e. The number of rotatable bonds is 0. The lowest BCUT2D eigenvalue weighted by molar-refractivity contribution is 1.01. The first-order valence-corrected chi connectivity index (χ1v) is 2.81. The molecule has 0 radical (unpaired) electrons. The van der Waals surface area contributed by atoms with E-state index < -0.39 is 0 Å². The van der Waals surface area contributed by atoms with Gasteiger partial charge in [0.25, 0.3) is 0 Å². The van der Waals surface area contributed by atoms with E-state index in [1.54, 1.807) is 6.92 Å². The highest BCUT2D eigenvalue weighted by molar-refractivity contribution is 6.07. The van der Waals surface area contributed by atoms with Crippen molar-refractivity contribution in [2.24, 2.45) is 9.98 Å². The molecule has 0 aliphatic carbocycles. The van der Waals surface area contributed by atoms with Crippen LogP contribution in [0.1, 0.15) is 13.3 Å². The molecular formula is C6H7N3. The number of hydrogen-bond acceptors (Lipinski definition) is 3. The van der Waals surface area contributed by atoms with Crippen LogP contribution >= 0.6 is 0 Å². The third-order valence-corrected chi connectivity index (χ3v) is 1.12. The minimum absolute atomic E-state index is 0.600. The van der Waals surface area contributed by atoms with Crippen molar-refractivity contribution in [1.29, 1.82) is 5.26 Å². The lowest BCUT2D eigenvalue weighted by Crippen LogP contribution is -2.06. The normalized spacial score (nSPS) is 17.8. The van der Waals surface area contributed by atoms with E-state index in [1.807, 2.05) is 6.07 Å². The molecule has 0 aromatic rings. The standard InChI is InChI=1S/C6H7N3/c1-5-8-3-2-6(4-7)9-5/h2-3H2,1H3. The maximum absolute atomic E-state index is 8.37. The van der Waals surface area contributed by atoms with E-state index >= 15 is 0 Å². The Hall–Kier alpha value is -1.17. The van der Waals surface area contributed by atoms with Crippen LogP contribution in [0.2, 0.25) is 0 Å². The van der Waals surface area contributed by atoms with Crippen LogP contribution < -0.4 is 0 Å². The highest BCUT2D eigenvalue weighted by atomic mass is 14.9. The second-order valence-corrected chi connectivity index (χ2v) is 1.85. The molecule has 0 spiro atoms. The quantitative estimate of drug-likeness (QED) is 0.467. The van der Waals surface area contributed by atoms with Gasteiger partial charge in [-0.15, -0.1) is 0 Å². The Balaban J connectivity index is 2.78. The number of aliphatic imine (C=N–C) groups is 2. The fraction of sp³-hybridized carbons (Fsp3) is 0.500. The molecule has 1 aliphatic heterocycles.